The third-order valence-electron chi connectivity index (χ3n) is 5.97. The van der Waals surface area contributed by atoms with Crippen LogP contribution in [-0.2, 0) is 66.4 Å². The SMILES string of the molecule is CC(C)(C)OC(=O)COCCOCCOCCOCCOCCOCCOCCOCCOCCOCCOCCOCCOc1ccccc1. The van der Waals surface area contributed by atoms with Gasteiger partial charge in [-0.3, -0.25) is 0 Å². The number of ether oxygens (including phenoxy) is 14. The maximum Gasteiger partial charge on any atom is 0.332 e. The lowest BCUT2D eigenvalue weighted by atomic mass is 10.2. The van der Waals surface area contributed by atoms with Crippen molar-refractivity contribution >= 4 is 5.97 Å². The molecule has 0 unspecified atom stereocenters. The fourth-order valence-electron chi connectivity index (χ4n) is 3.68. The molecular weight excluding hydrogens is 672 g/mol. The molecule has 1 aromatic rings. The summed E-state index contributed by atoms with van der Waals surface area (Å²) in [5, 5.41) is 0. The number of rotatable bonds is 39. The average molecular weight is 737 g/mol. The van der Waals surface area contributed by atoms with E-state index in [4.69, 9.17) is 66.3 Å². The predicted octanol–water partition coefficient (Wildman–Crippen LogP) is 2.61. The summed E-state index contributed by atoms with van der Waals surface area (Å²) in [7, 11) is 0. The van der Waals surface area contributed by atoms with Crippen molar-refractivity contribution in [2.45, 2.75) is 26.4 Å². The van der Waals surface area contributed by atoms with Gasteiger partial charge in [0.2, 0.25) is 0 Å². The molecule has 0 amide bonds. The molecule has 298 valence electrons. The van der Waals surface area contributed by atoms with E-state index in [0.29, 0.717) is 159 Å². The molecule has 0 radical (unpaired) electrons. The second-order valence-electron chi connectivity index (χ2n) is 11.5. The number of hydrogen-bond donors (Lipinski definition) is 0. The fourth-order valence-corrected chi connectivity index (χ4v) is 3.68. The van der Waals surface area contributed by atoms with Crippen molar-refractivity contribution in [2.24, 2.45) is 0 Å². The summed E-state index contributed by atoms with van der Waals surface area (Å²) in [5.41, 5.74) is -0.513. The lowest BCUT2D eigenvalue weighted by Crippen LogP contribution is -2.27. The van der Waals surface area contributed by atoms with Crippen LogP contribution >= 0.6 is 0 Å². The van der Waals surface area contributed by atoms with Gasteiger partial charge < -0.3 is 66.3 Å². The third-order valence-corrected chi connectivity index (χ3v) is 5.97. The molecule has 0 atom stereocenters. The first-order valence-corrected chi connectivity index (χ1v) is 17.8. The van der Waals surface area contributed by atoms with Crippen LogP contribution in [0.15, 0.2) is 30.3 Å². The minimum absolute atomic E-state index is 0.0850. The van der Waals surface area contributed by atoms with Crippen LogP contribution in [0.4, 0.5) is 0 Å². The summed E-state index contributed by atoms with van der Waals surface area (Å²) >= 11 is 0. The van der Waals surface area contributed by atoms with Crippen LogP contribution in [0.5, 0.6) is 5.75 Å². The number of benzene rings is 1. The molecule has 51 heavy (non-hydrogen) atoms. The van der Waals surface area contributed by atoms with Crippen molar-refractivity contribution in [3.63, 3.8) is 0 Å². The molecule has 0 N–H and O–H groups in total. The Bertz CT molecular complexity index is 857. The van der Waals surface area contributed by atoms with E-state index in [1.165, 1.54) is 0 Å². The third kappa shape index (κ3) is 37.6. The zero-order valence-electron chi connectivity index (χ0n) is 31.2. The summed E-state index contributed by atoms with van der Waals surface area (Å²) in [4.78, 5) is 11.5. The molecule has 0 bridgehead atoms. The van der Waals surface area contributed by atoms with Gasteiger partial charge in [-0.05, 0) is 32.9 Å². The van der Waals surface area contributed by atoms with Crippen LogP contribution in [0.25, 0.3) is 0 Å². The zero-order chi connectivity index (χ0) is 36.8. The molecule has 1 rings (SSSR count). The van der Waals surface area contributed by atoms with Crippen LogP contribution in [0, 0.1) is 0 Å². The van der Waals surface area contributed by atoms with Crippen molar-refractivity contribution in [3.05, 3.63) is 30.3 Å². The van der Waals surface area contributed by atoms with Crippen LogP contribution in [0.1, 0.15) is 20.8 Å². The van der Waals surface area contributed by atoms with Crippen LogP contribution < -0.4 is 4.74 Å². The van der Waals surface area contributed by atoms with Crippen LogP contribution in [0.3, 0.4) is 0 Å². The maximum atomic E-state index is 11.5. The molecule has 0 aliphatic rings. The lowest BCUT2D eigenvalue weighted by Gasteiger charge is -2.19. The highest BCUT2D eigenvalue weighted by Crippen LogP contribution is 2.08. The van der Waals surface area contributed by atoms with E-state index in [9.17, 15) is 4.79 Å². The second kappa shape index (κ2) is 36.4. The Morgan fingerprint density at radius 3 is 0.922 bits per heavy atom. The first-order valence-electron chi connectivity index (χ1n) is 17.8. The largest absolute Gasteiger partial charge is 0.491 e. The minimum Gasteiger partial charge on any atom is -0.491 e. The first-order chi connectivity index (χ1) is 25.0. The monoisotopic (exact) mass is 736 g/mol. The van der Waals surface area contributed by atoms with E-state index in [0.717, 1.165) is 5.75 Å². The number of esters is 1. The smallest absolute Gasteiger partial charge is 0.332 e. The molecule has 0 fully saturated rings. The molecular formula is C36H64O15. The topological polar surface area (TPSA) is 146 Å². The molecule has 15 heteroatoms. The van der Waals surface area contributed by atoms with Gasteiger partial charge in [-0.25, -0.2) is 4.79 Å². The van der Waals surface area contributed by atoms with Crippen LogP contribution in [0.2, 0.25) is 0 Å². The average Bonchev–Trinajstić information content (AvgIpc) is 3.11. The number of carbonyl (C=O) groups excluding carboxylic acids is 1. The fraction of sp³-hybridized carbons (Fsp3) is 0.806. The van der Waals surface area contributed by atoms with Crippen molar-refractivity contribution in [1.82, 2.24) is 0 Å². The van der Waals surface area contributed by atoms with Gasteiger partial charge in [0.15, 0.2) is 0 Å². The maximum absolute atomic E-state index is 11.5. The van der Waals surface area contributed by atoms with E-state index in [1.54, 1.807) is 0 Å². The Morgan fingerprint density at radius 2 is 0.647 bits per heavy atom. The second-order valence-corrected chi connectivity index (χ2v) is 11.5. The van der Waals surface area contributed by atoms with Gasteiger partial charge in [0.05, 0.1) is 152 Å². The van der Waals surface area contributed by atoms with Gasteiger partial charge in [0.1, 0.15) is 24.6 Å². The van der Waals surface area contributed by atoms with E-state index in [2.05, 4.69) is 0 Å². The highest BCUT2D eigenvalue weighted by molar-refractivity contribution is 5.71. The predicted molar refractivity (Wildman–Crippen MR) is 188 cm³/mol. The van der Waals surface area contributed by atoms with E-state index < -0.39 is 5.60 Å². The Hall–Kier alpha value is -1.99. The minimum atomic E-state index is -0.513. The molecule has 0 spiro atoms. The van der Waals surface area contributed by atoms with Crippen molar-refractivity contribution in [3.8, 4) is 5.75 Å². The summed E-state index contributed by atoms with van der Waals surface area (Å²) in [6.07, 6.45) is 0. The molecule has 0 aliphatic heterocycles. The van der Waals surface area contributed by atoms with Gasteiger partial charge in [-0.2, -0.15) is 0 Å². The van der Waals surface area contributed by atoms with E-state index in [1.807, 2.05) is 51.1 Å². The molecule has 15 nitrogen and oxygen atoms in total. The molecule has 1 aromatic carbocycles. The van der Waals surface area contributed by atoms with Gasteiger partial charge in [-0.15, -0.1) is 0 Å². The quantitative estimate of drug-likeness (QED) is 0.0721. The van der Waals surface area contributed by atoms with Gasteiger partial charge in [0.25, 0.3) is 0 Å². The summed E-state index contributed by atoms with van der Waals surface area (Å²) in [6.45, 7) is 16.9. The number of para-hydroxylation sites is 1. The summed E-state index contributed by atoms with van der Waals surface area (Å²) < 4.78 is 76.1. The molecule has 0 aliphatic carbocycles. The van der Waals surface area contributed by atoms with Gasteiger partial charge in [-0.1, -0.05) is 18.2 Å². The Balaban J connectivity index is 1.62. The molecule has 0 saturated carbocycles. The highest BCUT2D eigenvalue weighted by Gasteiger charge is 2.15. The van der Waals surface area contributed by atoms with E-state index in [-0.39, 0.29) is 12.6 Å². The standard InChI is InChI=1S/C36H64O15/c1-36(2,3)51-35(37)33-49-30-29-47-26-25-45-22-21-43-18-17-41-14-13-39-10-9-38-11-12-40-15-16-42-19-20-44-23-24-46-27-28-48-31-32-50-34-7-5-4-6-8-34/h4-8H,9-33H2,1-3H3. The van der Waals surface area contributed by atoms with Crippen molar-refractivity contribution in [2.75, 3.05) is 165 Å². The Morgan fingerprint density at radius 1 is 0.392 bits per heavy atom. The first kappa shape index (κ1) is 47.0. The summed E-state index contributed by atoms with van der Waals surface area (Å²) in [6, 6.07) is 9.66. The number of carbonyl (C=O) groups is 1. The Kier molecular flexibility index (Phi) is 33.5. The highest BCUT2D eigenvalue weighted by atomic mass is 16.6. The molecule has 0 heterocycles. The van der Waals surface area contributed by atoms with Crippen molar-refractivity contribution in [1.29, 1.82) is 0 Å². The number of hydrogen-bond acceptors (Lipinski definition) is 15. The normalized spacial score (nSPS) is 11.7. The molecule has 0 saturated heterocycles. The lowest BCUT2D eigenvalue weighted by molar-refractivity contribution is -0.160. The summed E-state index contributed by atoms with van der Waals surface area (Å²) in [5.74, 6) is 0.452. The van der Waals surface area contributed by atoms with Crippen molar-refractivity contribution < 1.29 is 71.1 Å². The Labute approximate surface area is 304 Å². The van der Waals surface area contributed by atoms with Crippen LogP contribution in [-0.4, -0.2) is 177 Å². The zero-order valence-corrected chi connectivity index (χ0v) is 31.2. The molecule has 0 aromatic heterocycles. The van der Waals surface area contributed by atoms with Gasteiger partial charge in [0, 0.05) is 0 Å². The van der Waals surface area contributed by atoms with E-state index >= 15 is 0 Å². The van der Waals surface area contributed by atoms with Gasteiger partial charge >= 0.3 is 5.97 Å².